The molecule has 4 rings (SSSR count). The Morgan fingerprint density at radius 2 is 1.69 bits per heavy atom. The predicted molar refractivity (Wildman–Crippen MR) is 99.8 cm³/mol. The van der Waals surface area contributed by atoms with Gasteiger partial charge in [-0.2, -0.15) is 0 Å². The van der Waals surface area contributed by atoms with Gasteiger partial charge in [0.05, 0.1) is 28.0 Å². The molecular weight excluding hydrogens is 328 g/mol. The van der Waals surface area contributed by atoms with E-state index in [2.05, 4.69) is 9.97 Å². The van der Waals surface area contributed by atoms with Crippen LogP contribution in [0.3, 0.4) is 0 Å². The van der Waals surface area contributed by atoms with E-state index in [4.69, 9.17) is 9.15 Å². The molecule has 0 N–H and O–H groups in total. The molecule has 0 unspecified atom stereocenters. The highest BCUT2D eigenvalue weighted by Crippen LogP contribution is 2.40. The van der Waals surface area contributed by atoms with Gasteiger partial charge in [-0.25, -0.2) is 4.98 Å². The van der Waals surface area contributed by atoms with Crippen molar-refractivity contribution in [1.29, 1.82) is 0 Å². The van der Waals surface area contributed by atoms with E-state index in [0.717, 1.165) is 16.4 Å². The van der Waals surface area contributed by atoms with Crippen LogP contribution in [0, 0.1) is 5.41 Å². The van der Waals surface area contributed by atoms with Gasteiger partial charge in [0.2, 0.25) is 0 Å². The minimum atomic E-state index is -0.634. The maximum atomic E-state index is 12.5. The molecule has 0 saturated heterocycles. The number of hydrogen-bond donors (Lipinski definition) is 0. The monoisotopic (exact) mass is 346 g/mol. The molecule has 0 fully saturated rings. The van der Waals surface area contributed by atoms with Gasteiger partial charge in [-0.15, -0.1) is 0 Å². The number of ether oxygens (including phenoxy) is 1. The van der Waals surface area contributed by atoms with Gasteiger partial charge < -0.3 is 9.15 Å². The second-order valence-electron chi connectivity index (χ2n) is 7.14. The third-order valence-electron chi connectivity index (χ3n) is 4.04. The highest BCUT2D eigenvalue weighted by Gasteiger charge is 2.28. The number of esters is 1. The van der Waals surface area contributed by atoms with Gasteiger partial charge in [-0.05, 0) is 45.0 Å². The average Bonchev–Trinajstić information content (AvgIpc) is 2.99. The van der Waals surface area contributed by atoms with Crippen molar-refractivity contribution in [2.45, 2.75) is 20.8 Å². The van der Waals surface area contributed by atoms with Crippen molar-refractivity contribution in [2.24, 2.45) is 5.41 Å². The van der Waals surface area contributed by atoms with Crippen molar-refractivity contribution in [3.63, 3.8) is 0 Å². The summed E-state index contributed by atoms with van der Waals surface area (Å²) in [4.78, 5) is 21.5. The molecule has 26 heavy (non-hydrogen) atoms. The third-order valence-corrected chi connectivity index (χ3v) is 4.04. The van der Waals surface area contributed by atoms with Crippen molar-refractivity contribution in [2.75, 3.05) is 0 Å². The molecule has 0 spiro atoms. The fraction of sp³-hybridized carbons (Fsp3) is 0.190. The van der Waals surface area contributed by atoms with E-state index in [1.54, 1.807) is 6.20 Å². The number of benzene rings is 2. The summed E-state index contributed by atoms with van der Waals surface area (Å²) in [6, 6.07) is 15.0. The van der Waals surface area contributed by atoms with Crippen LogP contribution in [0.2, 0.25) is 0 Å². The Morgan fingerprint density at radius 3 is 2.46 bits per heavy atom. The molecule has 5 nitrogen and oxygen atoms in total. The molecule has 0 aliphatic heterocycles. The summed E-state index contributed by atoms with van der Waals surface area (Å²) >= 11 is 0. The van der Waals surface area contributed by atoms with E-state index < -0.39 is 5.41 Å². The van der Waals surface area contributed by atoms with Crippen molar-refractivity contribution >= 4 is 28.0 Å². The van der Waals surface area contributed by atoms with E-state index in [1.165, 1.54) is 0 Å². The molecule has 0 aliphatic rings. The fourth-order valence-corrected chi connectivity index (χ4v) is 2.60. The van der Waals surface area contributed by atoms with Gasteiger partial charge in [0.25, 0.3) is 0 Å². The van der Waals surface area contributed by atoms with Crippen LogP contribution in [0.1, 0.15) is 20.8 Å². The quantitative estimate of drug-likeness (QED) is 0.478. The summed E-state index contributed by atoms with van der Waals surface area (Å²) in [5, 5.41) is 0.732. The number of para-hydroxylation sites is 3. The molecule has 0 radical (unpaired) electrons. The van der Waals surface area contributed by atoms with Crippen molar-refractivity contribution in [3.8, 4) is 17.2 Å². The summed E-state index contributed by atoms with van der Waals surface area (Å²) in [6.07, 6.45) is 1.63. The number of rotatable bonds is 2. The smallest absolute Gasteiger partial charge is 0.316 e. The molecule has 0 atom stereocenters. The Kier molecular flexibility index (Phi) is 3.72. The minimum Gasteiger partial charge on any atom is -0.450 e. The van der Waals surface area contributed by atoms with E-state index in [1.807, 2.05) is 69.3 Å². The normalized spacial score (nSPS) is 11.8. The average molecular weight is 346 g/mol. The Bertz CT molecular complexity index is 1120. The first-order chi connectivity index (χ1) is 12.4. The van der Waals surface area contributed by atoms with Gasteiger partial charge in [0.15, 0.2) is 11.5 Å². The first kappa shape index (κ1) is 16.3. The maximum absolute atomic E-state index is 12.5. The Hall–Kier alpha value is -3.21. The molecule has 2 aromatic carbocycles. The third kappa shape index (κ3) is 2.81. The van der Waals surface area contributed by atoms with Gasteiger partial charge >= 0.3 is 5.97 Å². The number of carbonyl (C=O) groups excluding carboxylic acids is 1. The zero-order chi connectivity index (χ0) is 18.3. The van der Waals surface area contributed by atoms with E-state index in [9.17, 15) is 4.79 Å². The largest absolute Gasteiger partial charge is 0.450 e. The molecule has 2 aromatic heterocycles. The summed E-state index contributed by atoms with van der Waals surface area (Å²) in [5.41, 5.74) is 2.06. The molecular formula is C21H18N2O3. The molecule has 2 heterocycles. The predicted octanol–water partition coefficient (Wildman–Crippen LogP) is 4.99. The number of furan rings is 1. The zero-order valence-corrected chi connectivity index (χ0v) is 14.8. The second-order valence-corrected chi connectivity index (χ2v) is 7.14. The number of nitrogens with zero attached hydrogens (tertiary/aromatic N) is 2. The van der Waals surface area contributed by atoms with E-state index in [-0.39, 0.29) is 5.97 Å². The summed E-state index contributed by atoms with van der Waals surface area (Å²) < 4.78 is 11.7. The van der Waals surface area contributed by atoms with Crippen LogP contribution >= 0.6 is 0 Å². The van der Waals surface area contributed by atoms with Gasteiger partial charge in [-0.3, -0.25) is 9.78 Å². The van der Waals surface area contributed by atoms with Gasteiger partial charge in [-0.1, -0.05) is 24.3 Å². The highest BCUT2D eigenvalue weighted by atomic mass is 16.5. The number of carbonyl (C=O) groups is 1. The van der Waals surface area contributed by atoms with Crippen LogP contribution in [0.15, 0.2) is 59.1 Å². The minimum absolute atomic E-state index is 0.334. The summed E-state index contributed by atoms with van der Waals surface area (Å²) in [5.74, 6) is 0.450. The van der Waals surface area contributed by atoms with Crippen molar-refractivity contribution in [1.82, 2.24) is 9.97 Å². The zero-order valence-electron chi connectivity index (χ0n) is 14.8. The standard InChI is InChI=1S/C21H18N2O3/c1-21(2,3)20(24)26-18-13-8-4-7-11-17(13)25-19(18)16-12-22-14-9-5-6-10-15(14)23-16/h4-12H,1-3H3. The number of aromatic nitrogens is 2. The Labute approximate surface area is 150 Å². The van der Waals surface area contributed by atoms with Crippen LogP contribution in [0.25, 0.3) is 33.5 Å². The van der Waals surface area contributed by atoms with E-state index >= 15 is 0 Å². The van der Waals surface area contributed by atoms with Crippen LogP contribution in [0.4, 0.5) is 0 Å². The van der Waals surface area contributed by atoms with Crippen LogP contribution in [-0.2, 0) is 4.79 Å². The Morgan fingerprint density at radius 1 is 1.00 bits per heavy atom. The van der Waals surface area contributed by atoms with Gasteiger partial charge in [0.1, 0.15) is 11.3 Å². The molecule has 0 bridgehead atoms. The first-order valence-electron chi connectivity index (χ1n) is 8.39. The molecule has 0 amide bonds. The van der Waals surface area contributed by atoms with Crippen LogP contribution < -0.4 is 4.74 Å². The van der Waals surface area contributed by atoms with Gasteiger partial charge in [0, 0.05) is 0 Å². The lowest BCUT2D eigenvalue weighted by molar-refractivity contribution is -0.142. The van der Waals surface area contributed by atoms with E-state index in [0.29, 0.717) is 22.8 Å². The number of hydrogen-bond acceptors (Lipinski definition) is 5. The SMILES string of the molecule is CC(C)(C)C(=O)Oc1c(-c2cnc3ccccc3n2)oc2ccccc12. The van der Waals surface area contributed by atoms with Crippen molar-refractivity contribution in [3.05, 3.63) is 54.7 Å². The lowest BCUT2D eigenvalue weighted by Crippen LogP contribution is -2.25. The molecule has 5 heteroatoms. The highest BCUT2D eigenvalue weighted by molar-refractivity contribution is 5.94. The van der Waals surface area contributed by atoms with Crippen LogP contribution in [-0.4, -0.2) is 15.9 Å². The lowest BCUT2D eigenvalue weighted by Gasteiger charge is -2.16. The molecule has 0 saturated carbocycles. The fourth-order valence-electron chi connectivity index (χ4n) is 2.60. The molecule has 0 aliphatic carbocycles. The maximum Gasteiger partial charge on any atom is 0.316 e. The summed E-state index contributed by atoms with van der Waals surface area (Å²) in [7, 11) is 0. The summed E-state index contributed by atoms with van der Waals surface area (Å²) in [6.45, 7) is 5.44. The molecule has 130 valence electrons. The van der Waals surface area contributed by atoms with Crippen molar-refractivity contribution < 1.29 is 13.9 Å². The molecule has 4 aromatic rings. The number of fused-ring (bicyclic) bond motifs is 2. The first-order valence-corrected chi connectivity index (χ1v) is 8.39. The lowest BCUT2D eigenvalue weighted by atomic mass is 9.97. The topological polar surface area (TPSA) is 65.2 Å². The van der Waals surface area contributed by atoms with Crippen LogP contribution in [0.5, 0.6) is 5.75 Å². The second kappa shape index (κ2) is 5.95. The Balaban J connectivity index is 1.90.